The molecule has 1 N–H and O–H groups in total. The van der Waals surface area contributed by atoms with Crippen molar-refractivity contribution in [3.63, 3.8) is 0 Å². The summed E-state index contributed by atoms with van der Waals surface area (Å²) < 4.78 is 0. The van der Waals surface area contributed by atoms with E-state index in [1.165, 1.54) is 11.3 Å². The average Bonchev–Trinajstić information content (AvgIpc) is 2.84. The van der Waals surface area contributed by atoms with Crippen LogP contribution in [0.4, 0.5) is 5.69 Å². The summed E-state index contributed by atoms with van der Waals surface area (Å²) in [5.74, 6) is 0. The topological polar surface area (TPSA) is 12.0 Å². The van der Waals surface area contributed by atoms with Crippen molar-refractivity contribution in [2.75, 3.05) is 5.32 Å². The molecule has 0 spiro atoms. The highest BCUT2D eigenvalue weighted by atomic mass is 14.9. The molecule has 0 aromatic heterocycles. The molecule has 0 saturated heterocycles. The Morgan fingerprint density at radius 1 is 0.912 bits per heavy atom. The summed E-state index contributed by atoms with van der Waals surface area (Å²) in [5.41, 5.74) is 8.89. The summed E-state index contributed by atoms with van der Waals surface area (Å²) in [4.78, 5) is 0. The van der Waals surface area contributed by atoms with Gasteiger partial charge in [-0.3, -0.25) is 0 Å². The van der Waals surface area contributed by atoms with Crippen molar-refractivity contribution < 1.29 is 0 Å². The van der Waals surface area contributed by atoms with Crippen LogP contribution in [0.2, 0.25) is 0 Å². The van der Waals surface area contributed by atoms with Crippen molar-refractivity contribution in [2.24, 2.45) is 0 Å². The molecule has 0 radical (unpaired) electrons. The number of rotatable bonds is 11. The largest absolute Gasteiger partial charge is 0.358 e. The summed E-state index contributed by atoms with van der Waals surface area (Å²) in [6.45, 7) is 18.6. The lowest BCUT2D eigenvalue weighted by Crippen LogP contribution is -2.09. The van der Waals surface area contributed by atoms with Crippen LogP contribution in [0, 0.1) is 0 Å². The van der Waals surface area contributed by atoms with Crippen molar-refractivity contribution in [3.05, 3.63) is 162 Å². The van der Waals surface area contributed by atoms with Gasteiger partial charge in [0.2, 0.25) is 0 Å². The Balaban J connectivity index is 2.47. The molecule has 34 heavy (non-hydrogen) atoms. The van der Waals surface area contributed by atoms with Gasteiger partial charge in [-0.25, -0.2) is 0 Å². The second-order valence-electron chi connectivity index (χ2n) is 8.06. The zero-order chi connectivity index (χ0) is 24.8. The molecule has 0 bridgehead atoms. The second-order valence-corrected chi connectivity index (χ2v) is 8.06. The molecule has 0 heterocycles. The molecule has 0 unspecified atom stereocenters. The van der Waals surface area contributed by atoms with E-state index in [1.54, 1.807) is 0 Å². The SMILES string of the molecule is C=C/C=C(\C=C(/C)C(=C)/C=C\C=C/C)C1=CC(C(=C)/C=C\C=C/C)=C(Nc2ccccc2)CC1. The van der Waals surface area contributed by atoms with Gasteiger partial charge in [-0.2, -0.15) is 0 Å². The summed E-state index contributed by atoms with van der Waals surface area (Å²) in [5, 5.41) is 3.62. The molecular weight excluding hydrogens is 410 g/mol. The minimum absolute atomic E-state index is 0.899. The zero-order valence-electron chi connectivity index (χ0n) is 20.9. The second kappa shape index (κ2) is 14.3. The van der Waals surface area contributed by atoms with Gasteiger partial charge in [0.25, 0.3) is 0 Å². The first-order chi connectivity index (χ1) is 16.5. The van der Waals surface area contributed by atoms with Crippen molar-refractivity contribution in [1.82, 2.24) is 0 Å². The maximum absolute atomic E-state index is 4.36. The molecule has 1 aromatic rings. The summed E-state index contributed by atoms with van der Waals surface area (Å²) in [6, 6.07) is 10.3. The molecule has 2 rings (SSSR count). The van der Waals surface area contributed by atoms with Crippen molar-refractivity contribution in [3.8, 4) is 0 Å². The average molecular weight is 448 g/mol. The van der Waals surface area contributed by atoms with Crippen LogP contribution in [0.15, 0.2) is 162 Å². The molecular formula is C33H37N. The minimum Gasteiger partial charge on any atom is -0.358 e. The summed E-state index contributed by atoms with van der Waals surface area (Å²) >= 11 is 0. The van der Waals surface area contributed by atoms with Crippen LogP contribution in [-0.4, -0.2) is 0 Å². The van der Waals surface area contributed by atoms with E-state index in [0.717, 1.165) is 46.4 Å². The van der Waals surface area contributed by atoms with Gasteiger partial charge < -0.3 is 5.32 Å². The van der Waals surface area contributed by atoms with Crippen molar-refractivity contribution >= 4 is 5.69 Å². The van der Waals surface area contributed by atoms with E-state index in [1.807, 2.05) is 80.7 Å². The third-order valence-electron chi connectivity index (χ3n) is 5.45. The molecule has 0 aliphatic heterocycles. The van der Waals surface area contributed by atoms with E-state index in [4.69, 9.17) is 0 Å². The fraction of sp³-hybridized carbons (Fsp3) is 0.152. The number of benzene rings is 1. The van der Waals surface area contributed by atoms with E-state index in [-0.39, 0.29) is 0 Å². The van der Waals surface area contributed by atoms with Crippen LogP contribution in [-0.2, 0) is 0 Å². The zero-order valence-corrected chi connectivity index (χ0v) is 20.9. The third kappa shape index (κ3) is 8.26. The highest BCUT2D eigenvalue weighted by Gasteiger charge is 2.17. The molecule has 0 amide bonds. The molecule has 0 saturated carbocycles. The lowest BCUT2D eigenvalue weighted by molar-refractivity contribution is 0.908. The number of nitrogens with one attached hydrogen (secondary N) is 1. The van der Waals surface area contributed by atoms with Crippen LogP contribution in [0.5, 0.6) is 0 Å². The predicted molar refractivity (Wildman–Crippen MR) is 153 cm³/mol. The Morgan fingerprint density at radius 3 is 2.24 bits per heavy atom. The first-order valence-corrected chi connectivity index (χ1v) is 11.7. The highest BCUT2D eigenvalue weighted by molar-refractivity contribution is 5.61. The third-order valence-corrected chi connectivity index (χ3v) is 5.45. The van der Waals surface area contributed by atoms with Gasteiger partial charge in [0.05, 0.1) is 0 Å². The van der Waals surface area contributed by atoms with E-state index < -0.39 is 0 Å². The van der Waals surface area contributed by atoms with Gasteiger partial charge in [-0.05, 0) is 79.7 Å². The fourth-order valence-electron chi connectivity index (χ4n) is 3.56. The molecule has 1 nitrogen and oxygen atoms in total. The lowest BCUT2D eigenvalue weighted by Gasteiger charge is -2.23. The summed E-state index contributed by atoms with van der Waals surface area (Å²) in [7, 11) is 0. The number of hydrogen-bond donors (Lipinski definition) is 1. The smallest absolute Gasteiger partial charge is 0.0381 e. The molecule has 0 fully saturated rings. The van der Waals surface area contributed by atoms with Gasteiger partial charge in [-0.15, -0.1) is 0 Å². The summed E-state index contributed by atoms with van der Waals surface area (Å²) in [6.07, 6.45) is 26.4. The molecule has 1 heteroatoms. The van der Waals surface area contributed by atoms with Crippen LogP contribution in [0.3, 0.4) is 0 Å². The van der Waals surface area contributed by atoms with E-state index in [0.29, 0.717) is 0 Å². The Bertz CT molecular complexity index is 1120. The molecule has 1 aliphatic rings. The standard InChI is InChI=1S/C33H37N/c1-7-10-13-18-26(4)28(6)24-29(17-9-3)30-22-23-33(34-31-20-15-12-16-21-31)32(25-30)27(5)19-14-11-8-2/h7-21,24-25,34H,3-5,22-23H2,1-2,6H3/b10-7-,11-8-,18-13-,19-14-,28-24+,29-17+. The Labute approximate surface area is 206 Å². The van der Waals surface area contributed by atoms with E-state index >= 15 is 0 Å². The number of anilines is 1. The van der Waals surface area contributed by atoms with Crippen LogP contribution < -0.4 is 5.32 Å². The Kier molecular flexibility index (Phi) is 11.1. The van der Waals surface area contributed by atoms with Crippen LogP contribution in [0.1, 0.15) is 33.6 Å². The van der Waals surface area contributed by atoms with E-state index in [2.05, 4.69) is 68.4 Å². The Hall–Kier alpha value is -3.84. The van der Waals surface area contributed by atoms with Crippen LogP contribution >= 0.6 is 0 Å². The highest BCUT2D eigenvalue weighted by Crippen LogP contribution is 2.34. The predicted octanol–water partition coefficient (Wildman–Crippen LogP) is 9.51. The quantitative estimate of drug-likeness (QED) is 0.333. The fourth-order valence-corrected chi connectivity index (χ4v) is 3.56. The molecule has 0 atom stereocenters. The number of para-hydroxylation sites is 1. The van der Waals surface area contributed by atoms with Crippen molar-refractivity contribution in [2.45, 2.75) is 33.6 Å². The van der Waals surface area contributed by atoms with Gasteiger partial charge in [0.15, 0.2) is 0 Å². The van der Waals surface area contributed by atoms with Gasteiger partial charge in [0, 0.05) is 17.0 Å². The van der Waals surface area contributed by atoms with Gasteiger partial charge in [-0.1, -0.05) is 105 Å². The Morgan fingerprint density at radius 2 is 1.59 bits per heavy atom. The van der Waals surface area contributed by atoms with E-state index in [9.17, 15) is 0 Å². The van der Waals surface area contributed by atoms with Crippen LogP contribution in [0.25, 0.3) is 0 Å². The molecule has 174 valence electrons. The van der Waals surface area contributed by atoms with Gasteiger partial charge in [0.1, 0.15) is 0 Å². The number of allylic oxidation sites excluding steroid dienone is 19. The first kappa shape index (κ1) is 26.4. The van der Waals surface area contributed by atoms with Crippen molar-refractivity contribution in [1.29, 1.82) is 0 Å². The lowest BCUT2D eigenvalue weighted by atomic mass is 9.87. The first-order valence-electron chi connectivity index (χ1n) is 11.7. The minimum atomic E-state index is 0.899. The van der Waals surface area contributed by atoms with Gasteiger partial charge >= 0.3 is 0 Å². The maximum Gasteiger partial charge on any atom is 0.0381 e. The normalized spacial score (nSPS) is 15.6. The number of hydrogen-bond acceptors (Lipinski definition) is 1. The monoisotopic (exact) mass is 447 g/mol. The maximum atomic E-state index is 4.36. The molecule has 1 aliphatic carbocycles. The molecule has 1 aromatic carbocycles.